The standard InChI is InChI=1S/C13H19N3O.C11H17N3O4.C5H11NO.C4H10.C3H8.3C2H6/c1-10(11-5-3-2-4-6-11)16-13(17)12-9-14-7-8-15-12;1-8(16)5-13-11(18)9-3-2-4-14(9)10(17)6-12-7-15;1-3-5(2)6-4-7;1-4(2)3;1-3-2;3*1-2/h7-11H,2-6H2,1H3,(H,16,17);7,9H,2-6H2,1H3,(H,12,15)(H,13,18);4-5H,3H2,1-2H3,(H,6,7);4H,1-3H3;3H2,1-2H3;3*1-2H3. The zero-order chi connectivity index (χ0) is 43.6. The van der Waals surface area contributed by atoms with Crippen molar-refractivity contribution in [1.29, 1.82) is 0 Å². The zero-order valence-electron chi connectivity index (χ0n) is 37.5. The summed E-state index contributed by atoms with van der Waals surface area (Å²) in [6.07, 6.45) is 15.7. The summed E-state index contributed by atoms with van der Waals surface area (Å²) in [4.78, 5) is 75.3. The Morgan fingerprint density at radius 2 is 1.36 bits per heavy atom. The molecule has 0 bridgehead atoms. The number of rotatable bonds is 12. The zero-order valence-corrected chi connectivity index (χ0v) is 37.5. The lowest BCUT2D eigenvalue weighted by atomic mass is 9.84. The van der Waals surface area contributed by atoms with Gasteiger partial charge in [0.1, 0.15) is 17.5 Å². The fourth-order valence-electron chi connectivity index (χ4n) is 4.58. The number of hydrogen-bond donors (Lipinski definition) is 4. The third-order valence-electron chi connectivity index (χ3n) is 7.20. The van der Waals surface area contributed by atoms with Gasteiger partial charge < -0.3 is 26.2 Å². The van der Waals surface area contributed by atoms with Gasteiger partial charge in [0.15, 0.2) is 0 Å². The van der Waals surface area contributed by atoms with Crippen molar-refractivity contribution < 1.29 is 28.8 Å². The number of carbonyl (C=O) groups is 6. The molecule has 13 nitrogen and oxygen atoms in total. The van der Waals surface area contributed by atoms with E-state index in [1.54, 1.807) is 12.4 Å². The first-order chi connectivity index (χ1) is 26.3. The van der Waals surface area contributed by atoms with Gasteiger partial charge in [-0.3, -0.25) is 33.8 Å². The number of nitrogens with one attached hydrogen (secondary N) is 4. The van der Waals surface area contributed by atoms with E-state index in [1.165, 1.54) is 56.5 Å². The predicted molar refractivity (Wildman–Crippen MR) is 228 cm³/mol. The molecule has 4 N–H and O–H groups in total. The van der Waals surface area contributed by atoms with Gasteiger partial charge in [0.05, 0.1) is 19.3 Å². The smallest absolute Gasteiger partial charge is 0.271 e. The number of carbonyl (C=O) groups excluding carboxylic acids is 6. The van der Waals surface area contributed by atoms with Crippen molar-refractivity contribution in [2.75, 3.05) is 19.6 Å². The molecule has 0 aromatic carbocycles. The molecule has 0 spiro atoms. The number of amides is 5. The topological polar surface area (TPSA) is 180 Å². The first-order valence-corrected chi connectivity index (χ1v) is 20.8. The SMILES string of the molecule is CC.CC.CC.CC(=O)CNC(=O)C1CCCN1C(=O)CNC=O.CC(C)C.CC(NC(=O)c1cnccn1)C1CCCCC1.CCC.CCC(C)NC=O. The number of ketones is 1. The number of nitrogens with zero attached hydrogens (tertiary/aromatic N) is 3. The van der Waals surface area contributed by atoms with Gasteiger partial charge in [0.25, 0.3) is 5.91 Å². The minimum atomic E-state index is -0.537. The number of Topliss-reactive ketones (excluding diaryl/α,β-unsaturated/α-hetero) is 1. The van der Waals surface area contributed by atoms with Crippen LogP contribution in [0.25, 0.3) is 0 Å². The summed E-state index contributed by atoms with van der Waals surface area (Å²) >= 11 is 0. The molecular weight excluding hydrogens is 699 g/mol. The van der Waals surface area contributed by atoms with Crippen LogP contribution in [0.5, 0.6) is 0 Å². The van der Waals surface area contributed by atoms with Crippen LogP contribution >= 0.6 is 0 Å². The monoisotopic (exact) mass is 782 g/mol. The molecule has 3 rings (SSSR count). The molecule has 2 heterocycles. The van der Waals surface area contributed by atoms with Gasteiger partial charge in [-0.05, 0) is 64.7 Å². The Morgan fingerprint density at radius 1 is 0.818 bits per heavy atom. The first-order valence-electron chi connectivity index (χ1n) is 20.8. The molecule has 1 aromatic heterocycles. The lowest BCUT2D eigenvalue weighted by Crippen LogP contribution is -2.49. The van der Waals surface area contributed by atoms with E-state index in [4.69, 9.17) is 0 Å². The van der Waals surface area contributed by atoms with E-state index in [-0.39, 0.29) is 42.6 Å². The van der Waals surface area contributed by atoms with E-state index in [0.29, 0.717) is 37.0 Å². The summed E-state index contributed by atoms with van der Waals surface area (Å²) in [5.74, 6) is 0.590. The minimum Gasteiger partial charge on any atom is -0.356 e. The van der Waals surface area contributed by atoms with Crippen LogP contribution in [0.1, 0.15) is 172 Å². The van der Waals surface area contributed by atoms with Gasteiger partial charge in [-0.1, -0.05) is 109 Å². The second-order valence-electron chi connectivity index (χ2n) is 12.9. The lowest BCUT2D eigenvalue weighted by molar-refractivity contribution is -0.138. The Kier molecular flexibility index (Phi) is 48.8. The van der Waals surface area contributed by atoms with Crippen LogP contribution in [-0.2, 0) is 24.0 Å². The van der Waals surface area contributed by atoms with E-state index >= 15 is 0 Å². The lowest BCUT2D eigenvalue weighted by Gasteiger charge is -2.28. The molecule has 1 saturated carbocycles. The minimum absolute atomic E-state index is 0.0239. The van der Waals surface area contributed by atoms with Crippen LogP contribution in [0.4, 0.5) is 0 Å². The van der Waals surface area contributed by atoms with E-state index in [9.17, 15) is 28.8 Å². The number of hydrogen-bond acceptors (Lipinski definition) is 8. The number of likely N-dealkylation sites (tertiary alicyclic amines) is 1. The molecule has 0 radical (unpaired) electrons. The third-order valence-corrected chi connectivity index (χ3v) is 7.20. The second kappa shape index (κ2) is 44.5. The van der Waals surface area contributed by atoms with Crippen LogP contribution in [-0.4, -0.2) is 89.0 Å². The van der Waals surface area contributed by atoms with E-state index in [0.717, 1.165) is 25.2 Å². The Balaban J connectivity index is -0.000000207. The summed E-state index contributed by atoms with van der Waals surface area (Å²) in [6.45, 7) is 30.6. The molecule has 55 heavy (non-hydrogen) atoms. The molecule has 1 aromatic rings. The fraction of sp³-hybridized carbons (Fsp3) is 0.762. The third kappa shape index (κ3) is 36.8. The summed E-state index contributed by atoms with van der Waals surface area (Å²) in [6, 6.07) is 0.0209. The van der Waals surface area contributed by atoms with E-state index < -0.39 is 6.04 Å². The van der Waals surface area contributed by atoms with Crippen molar-refractivity contribution in [3.63, 3.8) is 0 Å². The average Bonchev–Trinajstić information content (AvgIpc) is 3.70. The fourth-order valence-corrected chi connectivity index (χ4v) is 4.58. The molecule has 3 atom stereocenters. The normalized spacial score (nSPS) is 14.7. The molecule has 3 unspecified atom stereocenters. The molecule has 2 fully saturated rings. The van der Waals surface area contributed by atoms with Crippen molar-refractivity contribution in [1.82, 2.24) is 36.1 Å². The maximum atomic E-state index is 11.9. The van der Waals surface area contributed by atoms with Crippen LogP contribution in [0.15, 0.2) is 18.6 Å². The highest BCUT2D eigenvalue weighted by Gasteiger charge is 2.33. The molecule has 322 valence electrons. The molecule has 1 aliphatic heterocycles. The van der Waals surface area contributed by atoms with Crippen LogP contribution in [0, 0.1) is 11.8 Å². The van der Waals surface area contributed by atoms with Gasteiger partial charge >= 0.3 is 0 Å². The highest BCUT2D eigenvalue weighted by atomic mass is 16.2. The summed E-state index contributed by atoms with van der Waals surface area (Å²) < 4.78 is 0. The van der Waals surface area contributed by atoms with Crippen molar-refractivity contribution in [3.05, 3.63) is 24.3 Å². The molecule has 1 saturated heterocycles. The Morgan fingerprint density at radius 3 is 1.78 bits per heavy atom. The van der Waals surface area contributed by atoms with Gasteiger partial charge in [0, 0.05) is 31.0 Å². The average molecular weight is 782 g/mol. The quantitative estimate of drug-likeness (QED) is 0.160. The summed E-state index contributed by atoms with van der Waals surface area (Å²) in [5.41, 5.74) is 0.398. The Labute approximate surface area is 336 Å². The van der Waals surface area contributed by atoms with Crippen molar-refractivity contribution >= 4 is 36.3 Å². The van der Waals surface area contributed by atoms with Crippen molar-refractivity contribution in [2.45, 2.75) is 180 Å². The summed E-state index contributed by atoms with van der Waals surface area (Å²) in [7, 11) is 0. The van der Waals surface area contributed by atoms with Crippen molar-refractivity contribution in [3.8, 4) is 0 Å². The maximum absolute atomic E-state index is 11.9. The highest BCUT2D eigenvalue weighted by Crippen LogP contribution is 2.26. The second-order valence-corrected chi connectivity index (χ2v) is 12.9. The number of aromatic nitrogens is 2. The van der Waals surface area contributed by atoms with E-state index in [1.807, 2.05) is 55.4 Å². The van der Waals surface area contributed by atoms with Gasteiger partial charge in [-0.25, -0.2) is 4.98 Å². The first kappa shape index (κ1) is 60.4. The predicted octanol–water partition coefficient (Wildman–Crippen LogP) is 7.29. The molecule has 5 amide bonds. The molecule has 1 aliphatic carbocycles. The van der Waals surface area contributed by atoms with Gasteiger partial charge in [-0.15, -0.1) is 0 Å². The summed E-state index contributed by atoms with van der Waals surface area (Å²) in [5, 5.41) is 10.4. The Hall–Kier alpha value is -3.90. The van der Waals surface area contributed by atoms with Gasteiger partial charge in [-0.2, -0.15) is 0 Å². The largest absolute Gasteiger partial charge is 0.356 e. The Bertz CT molecular complexity index is 1050. The van der Waals surface area contributed by atoms with Crippen LogP contribution in [0.3, 0.4) is 0 Å². The highest BCUT2D eigenvalue weighted by molar-refractivity contribution is 5.92. The molecular formula is C42H83N7O6. The van der Waals surface area contributed by atoms with Crippen LogP contribution < -0.4 is 21.3 Å². The van der Waals surface area contributed by atoms with Gasteiger partial charge in [0.2, 0.25) is 24.6 Å². The molecule has 2 aliphatic rings. The maximum Gasteiger partial charge on any atom is 0.271 e. The molecule has 13 heteroatoms. The van der Waals surface area contributed by atoms with Crippen LogP contribution in [0.2, 0.25) is 0 Å². The van der Waals surface area contributed by atoms with E-state index in [2.05, 4.69) is 72.8 Å². The van der Waals surface area contributed by atoms with Crippen molar-refractivity contribution in [2.24, 2.45) is 11.8 Å².